The third kappa shape index (κ3) is 3.36. The van der Waals surface area contributed by atoms with Gasteiger partial charge in [0.2, 0.25) is 0 Å². The average molecular weight is 301 g/mol. The van der Waals surface area contributed by atoms with Crippen molar-refractivity contribution in [1.82, 2.24) is 14.7 Å². The van der Waals surface area contributed by atoms with Gasteiger partial charge in [0.15, 0.2) is 0 Å². The van der Waals surface area contributed by atoms with E-state index in [0.29, 0.717) is 5.56 Å². The highest BCUT2D eigenvalue weighted by molar-refractivity contribution is 5.95. The van der Waals surface area contributed by atoms with Gasteiger partial charge >= 0.3 is 0 Å². The molecule has 0 aliphatic heterocycles. The second kappa shape index (κ2) is 5.93. The SMILES string of the molecule is Cc1ccccc1-n1ncc(C(=O)N(C)CC(C)(C)O)c1C. The van der Waals surface area contributed by atoms with E-state index in [1.807, 2.05) is 38.1 Å². The molecule has 0 bridgehead atoms. The van der Waals surface area contributed by atoms with E-state index in [-0.39, 0.29) is 12.5 Å². The number of likely N-dealkylation sites (N-methyl/N-ethyl adjacent to an activating group) is 1. The van der Waals surface area contributed by atoms with Gasteiger partial charge in [0.1, 0.15) is 0 Å². The van der Waals surface area contributed by atoms with E-state index < -0.39 is 5.60 Å². The van der Waals surface area contributed by atoms with E-state index in [1.54, 1.807) is 31.8 Å². The van der Waals surface area contributed by atoms with Crippen LogP contribution in [-0.4, -0.2) is 44.9 Å². The van der Waals surface area contributed by atoms with Crippen LogP contribution in [0.1, 0.15) is 35.5 Å². The van der Waals surface area contributed by atoms with Crippen LogP contribution in [0.3, 0.4) is 0 Å². The molecule has 2 aromatic rings. The number of nitrogens with zero attached hydrogens (tertiary/aromatic N) is 3. The molecule has 1 aromatic carbocycles. The Morgan fingerprint density at radius 2 is 1.95 bits per heavy atom. The molecular formula is C17H23N3O2. The minimum absolute atomic E-state index is 0.139. The molecule has 1 amide bonds. The van der Waals surface area contributed by atoms with Crippen molar-refractivity contribution >= 4 is 5.91 Å². The van der Waals surface area contributed by atoms with Crippen molar-refractivity contribution < 1.29 is 9.90 Å². The number of hydrogen-bond donors (Lipinski definition) is 1. The van der Waals surface area contributed by atoms with Crippen LogP contribution in [0.4, 0.5) is 0 Å². The zero-order valence-corrected chi connectivity index (χ0v) is 13.8. The number of benzene rings is 1. The van der Waals surface area contributed by atoms with Gasteiger partial charge in [-0.05, 0) is 39.3 Å². The number of amides is 1. The van der Waals surface area contributed by atoms with Crippen molar-refractivity contribution in [3.8, 4) is 5.69 Å². The number of para-hydroxylation sites is 1. The van der Waals surface area contributed by atoms with Crippen LogP contribution in [0, 0.1) is 13.8 Å². The summed E-state index contributed by atoms with van der Waals surface area (Å²) in [6.07, 6.45) is 1.59. The molecule has 1 heterocycles. The Bertz CT molecular complexity index is 683. The summed E-state index contributed by atoms with van der Waals surface area (Å²) in [5.74, 6) is -0.139. The molecule has 0 saturated heterocycles. The standard InChI is InChI=1S/C17H23N3O2/c1-12-8-6-7-9-15(12)20-13(2)14(10-18-20)16(21)19(5)11-17(3,4)22/h6-10,22H,11H2,1-5H3. The number of aliphatic hydroxyl groups is 1. The van der Waals surface area contributed by atoms with Gasteiger partial charge in [-0.15, -0.1) is 0 Å². The molecule has 0 fully saturated rings. The van der Waals surface area contributed by atoms with Gasteiger partial charge < -0.3 is 10.0 Å². The number of aromatic nitrogens is 2. The quantitative estimate of drug-likeness (QED) is 0.943. The predicted molar refractivity (Wildman–Crippen MR) is 86.3 cm³/mol. The summed E-state index contributed by atoms with van der Waals surface area (Å²) < 4.78 is 1.78. The molecule has 0 aliphatic rings. The van der Waals surface area contributed by atoms with Gasteiger partial charge in [-0.1, -0.05) is 18.2 Å². The summed E-state index contributed by atoms with van der Waals surface area (Å²) in [5.41, 5.74) is 2.48. The minimum atomic E-state index is -0.926. The van der Waals surface area contributed by atoms with Crippen molar-refractivity contribution in [2.45, 2.75) is 33.3 Å². The number of hydrogen-bond acceptors (Lipinski definition) is 3. The Labute approximate surface area is 131 Å². The molecule has 1 N–H and O–H groups in total. The monoisotopic (exact) mass is 301 g/mol. The molecule has 0 aliphatic carbocycles. The van der Waals surface area contributed by atoms with E-state index in [4.69, 9.17) is 0 Å². The van der Waals surface area contributed by atoms with Crippen molar-refractivity contribution in [2.75, 3.05) is 13.6 Å². The molecular weight excluding hydrogens is 278 g/mol. The minimum Gasteiger partial charge on any atom is -0.389 e. The van der Waals surface area contributed by atoms with Crippen molar-refractivity contribution in [3.05, 3.63) is 47.3 Å². The van der Waals surface area contributed by atoms with Crippen LogP contribution in [0.2, 0.25) is 0 Å². The predicted octanol–water partition coefficient (Wildman–Crippen LogP) is 2.33. The molecule has 0 atom stereocenters. The van der Waals surface area contributed by atoms with Crippen LogP contribution in [0.25, 0.3) is 5.69 Å². The fourth-order valence-corrected chi connectivity index (χ4v) is 2.52. The average Bonchev–Trinajstić information content (AvgIpc) is 2.78. The second-order valence-corrected chi connectivity index (χ2v) is 6.32. The lowest BCUT2D eigenvalue weighted by molar-refractivity contribution is 0.0367. The van der Waals surface area contributed by atoms with Crippen LogP contribution in [0.5, 0.6) is 0 Å². The molecule has 0 saturated carbocycles. The van der Waals surface area contributed by atoms with E-state index >= 15 is 0 Å². The zero-order chi connectivity index (χ0) is 16.5. The maximum absolute atomic E-state index is 12.5. The van der Waals surface area contributed by atoms with Gasteiger partial charge in [0.05, 0.1) is 28.7 Å². The lowest BCUT2D eigenvalue weighted by atomic mass is 10.1. The third-order valence-corrected chi connectivity index (χ3v) is 3.55. The molecule has 1 aromatic heterocycles. The maximum Gasteiger partial charge on any atom is 0.257 e. The highest BCUT2D eigenvalue weighted by Crippen LogP contribution is 2.19. The smallest absolute Gasteiger partial charge is 0.257 e. The van der Waals surface area contributed by atoms with Gasteiger partial charge in [0, 0.05) is 13.6 Å². The summed E-state index contributed by atoms with van der Waals surface area (Å²) in [7, 11) is 1.69. The van der Waals surface area contributed by atoms with Gasteiger partial charge in [-0.3, -0.25) is 4.79 Å². The van der Waals surface area contributed by atoms with Crippen LogP contribution in [0.15, 0.2) is 30.5 Å². The van der Waals surface area contributed by atoms with E-state index in [9.17, 15) is 9.90 Å². The van der Waals surface area contributed by atoms with Crippen molar-refractivity contribution in [2.24, 2.45) is 0 Å². The molecule has 22 heavy (non-hydrogen) atoms. The number of rotatable bonds is 4. The second-order valence-electron chi connectivity index (χ2n) is 6.32. The van der Waals surface area contributed by atoms with Crippen molar-refractivity contribution in [1.29, 1.82) is 0 Å². The third-order valence-electron chi connectivity index (χ3n) is 3.55. The molecule has 0 radical (unpaired) electrons. The highest BCUT2D eigenvalue weighted by Gasteiger charge is 2.23. The van der Waals surface area contributed by atoms with Crippen LogP contribution >= 0.6 is 0 Å². The first-order valence-corrected chi connectivity index (χ1v) is 7.29. The summed E-state index contributed by atoms with van der Waals surface area (Å²) >= 11 is 0. The fourth-order valence-electron chi connectivity index (χ4n) is 2.52. The lowest BCUT2D eigenvalue weighted by Gasteiger charge is -2.25. The van der Waals surface area contributed by atoms with Gasteiger partial charge in [-0.2, -0.15) is 5.10 Å². The van der Waals surface area contributed by atoms with Crippen LogP contribution in [-0.2, 0) is 0 Å². The Morgan fingerprint density at radius 1 is 1.32 bits per heavy atom. The Morgan fingerprint density at radius 3 is 2.55 bits per heavy atom. The normalized spacial score (nSPS) is 11.5. The molecule has 118 valence electrons. The number of carbonyl (C=O) groups is 1. The van der Waals surface area contributed by atoms with E-state index in [2.05, 4.69) is 5.10 Å². The van der Waals surface area contributed by atoms with Crippen LogP contribution < -0.4 is 0 Å². The zero-order valence-electron chi connectivity index (χ0n) is 13.8. The summed E-state index contributed by atoms with van der Waals surface area (Å²) in [6, 6.07) is 7.91. The number of carbonyl (C=O) groups excluding carboxylic acids is 1. The van der Waals surface area contributed by atoms with E-state index in [0.717, 1.165) is 16.9 Å². The first-order valence-electron chi connectivity index (χ1n) is 7.29. The van der Waals surface area contributed by atoms with Gasteiger partial charge in [-0.25, -0.2) is 4.68 Å². The van der Waals surface area contributed by atoms with Gasteiger partial charge in [0.25, 0.3) is 5.91 Å². The Kier molecular flexibility index (Phi) is 4.37. The topological polar surface area (TPSA) is 58.4 Å². The fraction of sp³-hybridized carbons (Fsp3) is 0.412. The van der Waals surface area contributed by atoms with E-state index in [1.165, 1.54) is 4.90 Å². The lowest BCUT2D eigenvalue weighted by Crippen LogP contribution is -2.39. The first-order chi connectivity index (χ1) is 10.2. The number of aryl methyl sites for hydroxylation is 1. The Balaban J connectivity index is 2.32. The summed E-state index contributed by atoms with van der Waals surface area (Å²) in [4.78, 5) is 14.1. The maximum atomic E-state index is 12.5. The Hall–Kier alpha value is -2.14. The molecule has 0 unspecified atom stereocenters. The molecule has 2 rings (SSSR count). The highest BCUT2D eigenvalue weighted by atomic mass is 16.3. The first kappa shape index (κ1) is 16.2. The summed E-state index contributed by atoms with van der Waals surface area (Å²) in [5, 5.41) is 14.2. The molecule has 0 spiro atoms. The molecule has 5 nitrogen and oxygen atoms in total. The van der Waals surface area contributed by atoms with Crippen molar-refractivity contribution in [3.63, 3.8) is 0 Å². The summed E-state index contributed by atoms with van der Waals surface area (Å²) in [6.45, 7) is 7.52. The largest absolute Gasteiger partial charge is 0.389 e. The molecule has 5 heteroatoms.